The minimum absolute atomic E-state index is 0. The maximum Gasteiger partial charge on any atom is 2.00 e. The quantitative estimate of drug-likeness (QED) is 0.625. The van der Waals surface area contributed by atoms with E-state index in [1.54, 1.807) is 0 Å². The molecule has 0 aliphatic carbocycles. The largest absolute Gasteiger partial charge is 2.00 e. The van der Waals surface area contributed by atoms with E-state index in [1.807, 2.05) is 0 Å². The van der Waals surface area contributed by atoms with Crippen molar-refractivity contribution in [2.45, 2.75) is 52.7 Å². The Labute approximate surface area is 87.4 Å². The maximum absolute atomic E-state index is 4.46. The minimum Gasteiger partial charge on any atom is -0.661 e. The predicted octanol–water partition coefficient (Wildman–Crippen LogP) is 2.94. The first-order chi connectivity index (χ1) is 5.02. The van der Waals surface area contributed by atoms with Crippen LogP contribution in [0, 0.1) is 0 Å². The minimum atomic E-state index is 0. The van der Waals surface area contributed by atoms with Crippen LogP contribution in [0.15, 0.2) is 0 Å². The van der Waals surface area contributed by atoms with E-state index in [9.17, 15) is 0 Å². The number of rotatable bonds is 5. The van der Waals surface area contributed by atoms with Gasteiger partial charge in [0.15, 0.2) is 0 Å². The van der Waals surface area contributed by atoms with Gasteiger partial charge in [-0.05, 0) is 0 Å². The zero-order valence-electron chi connectivity index (χ0n) is 8.71. The molecule has 0 amide bonds. The topological polar surface area (TPSA) is 28.2 Å². The van der Waals surface area contributed by atoms with Crippen LogP contribution in [0.25, 0.3) is 10.6 Å². The van der Waals surface area contributed by atoms with Gasteiger partial charge in [-0.25, -0.2) is 0 Å². The van der Waals surface area contributed by atoms with Crippen molar-refractivity contribution in [2.75, 3.05) is 6.54 Å². The van der Waals surface area contributed by atoms with Crippen LogP contribution in [-0.4, -0.2) is 24.7 Å². The van der Waals surface area contributed by atoms with Gasteiger partial charge >= 0.3 is 17.1 Å². The van der Waals surface area contributed by atoms with Crippen molar-refractivity contribution >= 4 is 0 Å². The molecule has 3 heteroatoms. The fourth-order valence-corrected chi connectivity index (χ4v) is 0.919. The van der Waals surface area contributed by atoms with E-state index >= 15 is 0 Å². The molecule has 0 rings (SSSR count). The van der Waals surface area contributed by atoms with E-state index in [0.717, 1.165) is 6.54 Å². The predicted molar refractivity (Wildman–Crippen MR) is 51.3 cm³/mol. The first-order valence-electron chi connectivity index (χ1n) is 4.39. The Morgan fingerprint density at radius 3 is 1.75 bits per heavy atom. The molecular weight excluding hydrogens is 191 g/mol. The Morgan fingerprint density at radius 2 is 1.42 bits per heavy atom. The molecule has 0 N–H and O–H groups in total. The molecule has 0 aliphatic heterocycles. The zero-order chi connectivity index (χ0) is 8.85. The number of hydrogen-bond donors (Lipinski definition) is 0. The normalized spacial score (nSPS) is 13.2. The molecule has 0 saturated heterocycles. The van der Waals surface area contributed by atoms with Crippen LogP contribution in [-0.2, 0) is 17.1 Å². The van der Waals surface area contributed by atoms with E-state index in [1.165, 1.54) is 0 Å². The molecule has 0 aromatic carbocycles. The van der Waals surface area contributed by atoms with E-state index in [2.05, 4.69) is 45.3 Å². The van der Waals surface area contributed by atoms with Gasteiger partial charge in [0.25, 0.3) is 0 Å². The second-order valence-electron chi connectivity index (χ2n) is 3.55. The molecule has 0 aromatic rings. The number of nitrogens with zero attached hydrogens (tertiary/aromatic N) is 2. The molecule has 0 heterocycles. The van der Waals surface area contributed by atoms with Gasteiger partial charge in [0.2, 0.25) is 0 Å². The molecule has 0 saturated carbocycles. The van der Waals surface area contributed by atoms with Crippen LogP contribution in [0.5, 0.6) is 0 Å². The van der Waals surface area contributed by atoms with Gasteiger partial charge in [0.1, 0.15) is 0 Å². The molecule has 73 valence electrons. The first kappa shape index (κ1) is 14.9. The summed E-state index contributed by atoms with van der Waals surface area (Å²) in [6, 6.07) is 1.27. The van der Waals surface area contributed by atoms with Crippen molar-refractivity contribution in [2.24, 2.45) is 0 Å². The maximum atomic E-state index is 4.46. The van der Waals surface area contributed by atoms with Gasteiger partial charge in [0, 0.05) is 0 Å². The third-order valence-corrected chi connectivity index (χ3v) is 1.29. The van der Waals surface area contributed by atoms with Crippen molar-refractivity contribution < 1.29 is 17.1 Å². The summed E-state index contributed by atoms with van der Waals surface area (Å²) >= 11 is 0. The molecule has 0 aromatic heterocycles. The summed E-state index contributed by atoms with van der Waals surface area (Å²) in [5, 5.41) is 8.84. The number of hydrogen-bond acceptors (Lipinski definition) is 0. The van der Waals surface area contributed by atoms with E-state index in [-0.39, 0.29) is 17.1 Å². The van der Waals surface area contributed by atoms with Gasteiger partial charge in [-0.1, -0.05) is 34.6 Å². The van der Waals surface area contributed by atoms with Gasteiger partial charge in [-0.2, -0.15) is 12.6 Å². The van der Waals surface area contributed by atoms with Crippen molar-refractivity contribution in [3.8, 4) is 0 Å². The van der Waals surface area contributed by atoms with Crippen molar-refractivity contribution in [1.29, 1.82) is 0 Å². The average Bonchev–Trinajstić information content (AvgIpc) is 1.82. The standard InChI is InChI=1S/C9H20N2.Mn/c1-7(2)10-6-9(5)11-8(3)4;/h7-9H,6H2,1-5H3;/q-2;+2. The molecule has 0 bridgehead atoms. The summed E-state index contributed by atoms with van der Waals surface area (Å²) in [4.78, 5) is 0. The molecule has 1 unspecified atom stereocenters. The average molecular weight is 211 g/mol. The van der Waals surface area contributed by atoms with Crippen LogP contribution in [0.2, 0.25) is 0 Å². The Balaban J connectivity index is 0. The summed E-state index contributed by atoms with van der Waals surface area (Å²) in [5.74, 6) is 0. The van der Waals surface area contributed by atoms with Gasteiger partial charge in [-0.15, -0.1) is 12.1 Å². The van der Waals surface area contributed by atoms with Crippen LogP contribution in [0.3, 0.4) is 0 Å². The fourth-order valence-electron chi connectivity index (χ4n) is 0.919. The van der Waals surface area contributed by atoms with Crippen molar-refractivity contribution in [3.05, 3.63) is 10.6 Å². The molecule has 0 spiro atoms. The Hall–Kier alpha value is 0.439. The smallest absolute Gasteiger partial charge is 0.661 e. The van der Waals surface area contributed by atoms with Gasteiger partial charge < -0.3 is 10.6 Å². The van der Waals surface area contributed by atoms with E-state index in [4.69, 9.17) is 0 Å². The van der Waals surface area contributed by atoms with Crippen LogP contribution >= 0.6 is 0 Å². The summed E-state index contributed by atoms with van der Waals surface area (Å²) in [7, 11) is 0. The van der Waals surface area contributed by atoms with Crippen LogP contribution in [0.1, 0.15) is 34.6 Å². The first-order valence-corrected chi connectivity index (χ1v) is 4.39. The van der Waals surface area contributed by atoms with Gasteiger partial charge in [0.05, 0.1) is 0 Å². The second kappa shape index (κ2) is 8.06. The van der Waals surface area contributed by atoms with Crippen LogP contribution < -0.4 is 0 Å². The van der Waals surface area contributed by atoms with E-state index in [0.29, 0.717) is 18.1 Å². The summed E-state index contributed by atoms with van der Waals surface area (Å²) < 4.78 is 0. The third-order valence-electron chi connectivity index (χ3n) is 1.29. The van der Waals surface area contributed by atoms with Crippen molar-refractivity contribution in [1.82, 2.24) is 0 Å². The Kier molecular flexibility index (Phi) is 10.0. The zero-order valence-corrected chi connectivity index (χ0v) is 9.89. The summed E-state index contributed by atoms with van der Waals surface area (Å²) in [5.41, 5.74) is 0. The van der Waals surface area contributed by atoms with E-state index < -0.39 is 0 Å². The van der Waals surface area contributed by atoms with Gasteiger partial charge in [-0.3, -0.25) is 0 Å². The summed E-state index contributed by atoms with van der Waals surface area (Å²) in [6.07, 6.45) is 0. The third kappa shape index (κ3) is 10.4. The molecular formula is C9H20MnN2. The Bertz CT molecular complexity index is 94.5. The molecule has 0 fully saturated rings. The Morgan fingerprint density at radius 1 is 0.917 bits per heavy atom. The van der Waals surface area contributed by atoms with Crippen LogP contribution in [0.4, 0.5) is 0 Å². The second-order valence-corrected chi connectivity index (χ2v) is 3.55. The molecule has 12 heavy (non-hydrogen) atoms. The summed E-state index contributed by atoms with van der Waals surface area (Å²) in [6.45, 7) is 11.4. The van der Waals surface area contributed by atoms with Crippen molar-refractivity contribution in [3.63, 3.8) is 0 Å². The monoisotopic (exact) mass is 211 g/mol. The molecule has 0 aliphatic rings. The SMILES string of the molecule is CC(C)[N-]CC(C)[N-]C(C)C.[Mn+2]. The molecule has 1 atom stereocenters. The molecule has 2 nitrogen and oxygen atoms in total. The fraction of sp³-hybridized carbons (Fsp3) is 1.00. The molecule has 1 radical (unpaired) electrons.